The van der Waals surface area contributed by atoms with Gasteiger partial charge in [-0.3, -0.25) is 19.9 Å². The lowest BCUT2D eigenvalue weighted by molar-refractivity contribution is -0.140. The minimum absolute atomic E-state index is 0.0300. The van der Waals surface area contributed by atoms with E-state index >= 15 is 0 Å². The molecule has 0 saturated carbocycles. The summed E-state index contributed by atoms with van der Waals surface area (Å²) in [5.41, 5.74) is 2.83. The lowest BCUT2D eigenvalue weighted by Gasteiger charge is -2.27. The number of benzene rings is 1. The van der Waals surface area contributed by atoms with E-state index in [9.17, 15) is 14.9 Å². The summed E-state index contributed by atoms with van der Waals surface area (Å²) < 4.78 is 0. The second-order valence-corrected chi connectivity index (χ2v) is 9.23. The summed E-state index contributed by atoms with van der Waals surface area (Å²) in [6, 6.07) is 8.09. The molecule has 1 aliphatic carbocycles. The van der Waals surface area contributed by atoms with Gasteiger partial charge in [0.25, 0.3) is 0 Å². The number of amides is 2. The van der Waals surface area contributed by atoms with E-state index in [1.165, 1.54) is 11.1 Å². The fraction of sp³-hybridized carbons (Fsp3) is 0.600. The SMILES string of the molecule is N#CNC(=NCCC1CCc2ccccc21)NC1CCCCN(CC(=O)N2CCCC2)C1=O. The first-order valence-electron chi connectivity index (χ1n) is 12.3. The Kier molecular flexibility index (Phi) is 7.82. The van der Waals surface area contributed by atoms with Crippen LogP contribution in [0.15, 0.2) is 29.3 Å². The third-order valence-corrected chi connectivity index (χ3v) is 7.06. The molecule has 2 fully saturated rings. The molecule has 2 heterocycles. The lowest BCUT2D eigenvalue weighted by Crippen LogP contribution is -2.52. The van der Waals surface area contributed by atoms with Gasteiger partial charge in [0.1, 0.15) is 6.04 Å². The number of hydrogen-bond donors (Lipinski definition) is 2. The van der Waals surface area contributed by atoms with Crippen molar-refractivity contribution >= 4 is 17.8 Å². The fourth-order valence-corrected chi connectivity index (χ4v) is 5.24. The second-order valence-electron chi connectivity index (χ2n) is 9.23. The van der Waals surface area contributed by atoms with Crippen molar-refractivity contribution in [3.05, 3.63) is 35.4 Å². The van der Waals surface area contributed by atoms with Gasteiger partial charge in [-0.1, -0.05) is 24.3 Å². The molecule has 0 aromatic heterocycles. The largest absolute Gasteiger partial charge is 0.344 e. The Balaban J connectivity index is 1.35. The molecule has 2 amide bonds. The number of aryl methyl sites for hydroxylation is 1. The van der Waals surface area contributed by atoms with Crippen LogP contribution in [0.25, 0.3) is 0 Å². The maximum Gasteiger partial charge on any atom is 0.245 e. The number of nitrogens with zero attached hydrogens (tertiary/aromatic N) is 4. The molecule has 2 atom stereocenters. The Morgan fingerprint density at radius 1 is 1.12 bits per heavy atom. The van der Waals surface area contributed by atoms with E-state index in [1.807, 2.05) is 11.1 Å². The predicted octanol–water partition coefficient (Wildman–Crippen LogP) is 2.13. The molecular formula is C25H34N6O2. The summed E-state index contributed by atoms with van der Waals surface area (Å²) in [5, 5.41) is 15.0. The van der Waals surface area contributed by atoms with E-state index in [0.29, 0.717) is 31.4 Å². The maximum atomic E-state index is 13.2. The van der Waals surface area contributed by atoms with Gasteiger partial charge in [-0.15, -0.1) is 0 Å². The number of carbonyl (C=O) groups excluding carboxylic acids is 2. The number of guanidine groups is 1. The topological polar surface area (TPSA) is 101 Å². The van der Waals surface area contributed by atoms with Crippen molar-refractivity contribution in [3.63, 3.8) is 0 Å². The highest BCUT2D eigenvalue weighted by atomic mass is 16.2. The molecular weight excluding hydrogens is 416 g/mol. The van der Waals surface area contributed by atoms with Crippen LogP contribution in [0.5, 0.6) is 0 Å². The van der Waals surface area contributed by atoms with Gasteiger partial charge < -0.3 is 15.1 Å². The summed E-state index contributed by atoms with van der Waals surface area (Å²) in [7, 11) is 0. The highest BCUT2D eigenvalue weighted by Gasteiger charge is 2.30. The quantitative estimate of drug-likeness (QED) is 0.299. The number of hydrogen-bond acceptors (Lipinski definition) is 4. The Bertz CT molecular complexity index is 918. The molecule has 8 heteroatoms. The van der Waals surface area contributed by atoms with Crippen molar-refractivity contribution in [2.45, 2.75) is 63.3 Å². The van der Waals surface area contributed by atoms with Gasteiger partial charge in [-0.05, 0) is 68.4 Å². The normalized spacial score (nSPS) is 23.1. The number of nitrogens with one attached hydrogen (secondary N) is 2. The number of aliphatic imine (C=N–C) groups is 1. The molecule has 2 unspecified atom stereocenters. The monoisotopic (exact) mass is 450 g/mol. The molecule has 176 valence electrons. The van der Waals surface area contributed by atoms with Crippen LogP contribution in [0.2, 0.25) is 0 Å². The second kappa shape index (κ2) is 11.2. The van der Waals surface area contributed by atoms with Crippen molar-refractivity contribution in [1.29, 1.82) is 5.26 Å². The summed E-state index contributed by atoms with van der Waals surface area (Å²) in [6.07, 6.45) is 9.57. The highest BCUT2D eigenvalue weighted by molar-refractivity contribution is 5.92. The van der Waals surface area contributed by atoms with Crippen LogP contribution in [0.4, 0.5) is 0 Å². The average molecular weight is 451 g/mol. The van der Waals surface area contributed by atoms with Gasteiger partial charge in [0.15, 0.2) is 6.19 Å². The van der Waals surface area contributed by atoms with Gasteiger partial charge in [0.2, 0.25) is 17.8 Å². The highest BCUT2D eigenvalue weighted by Crippen LogP contribution is 2.35. The van der Waals surface area contributed by atoms with E-state index in [1.54, 1.807) is 4.90 Å². The van der Waals surface area contributed by atoms with E-state index in [-0.39, 0.29) is 18.4 Å². The minimum atomic E-state index is -0.481. The zero-order valence-electron chi connectivity index (χ0n) is 19.3. The molecule has 2 saturated heterocycles. The van der Waals surface area contributed by atoms with Gasteiger partial charge in [0, 0.05) is 26.2 Å². The van der Waals surface area contributed by atoms with Crippen molar-refractivity contribution in [1.82, 2.24) is 20.4 Å². The average Bonchev–Trinajstić information content (AvgIpc) is 3.47. The van der Waals surface area contributed by atoms with E-state index in [2.05, 4.69) is 39.9 Å². The zero-order valence-corrected chi connectivity index (χ0v) is 19.3. The Hall–Kier alpha value is -3.08. The van der Waals surface area contributed by atoms with E-state index in [4.69, 9.17) is 0 Å². The number of nitriles is 1. The van der Waals surface area contributed by atoms with Crippen LogP contribution in [0.3, 0.4) is 0 Å². The molecule has 8 nitrogen and oxygen atoms in total. The van der Waals surface area contributed by atoms with Gasteiger partial charge in [0.05, 0.1) is 6.54 Å². The molecule has 1 aromatic rings. The van der Waals surface area contributed by atoms with Gasteiger partial charge in [-0.2, -0.15) is 5.26 Å². The Morgan fingerprint density at radius 2 is 1.91 bits per heavy atom. The number of fused-ring (bicyclic) bond motifs is 1. The van der Waals surface area contributed by atoms with Crippen molar-refractivity contribution in [2.75, 3.05) is 32.7 Å². The summed E-state index contributed by atoms with van der Waals surface area (Å²) in [4.78, 5) is 33.9. The predicted molar refractivity (Wildman–Crippen MR) is 126 cm³/mol. The third kappa shape index (κ3) is 5.84. The lowest BCUT2D eigenvalue weighted by atomic mass is 9.98. The molecule has 2 N–H and O–H groups in total. The Morgan fingerprint density at radius 3 is 2.73 bits per heavy atom. The van der Waals surface area contributed by atoms with Crippen molar-refractivity contribution < 1.29 is 9.59 Å². The van der Waals surface area contributed by atoms with Gasteiger partial charge in [-0.25, -0.2) is 0 Å². The van der Waals surface area contributed by atoms with Crippen LogP contribution in [-0.4, -0.2) is 66.3 Å². The van der Waals surface area contributed by atoms with Crippen LogP contribution in [0.1, 0.15) is 62.0 Å². The Labute approximate surface area is 196 Å². The fourth-order valence-electron chi connectivity index (χ4n) is 5.24. The van der Waals surface area contributed by atoms with E-state index < -0.39 is 6.04 Å². The number of rotatable bonds is 6. The van der Waals surface area contributed by atoms with Crippen LogP contribution in [-0.2, 0) is 16.0 Å². The minimum Gasteiger partial charge on any atom is -0.344 e. The van der Waals surface area contributed by atoms with Crippen molar-refractivity contribution in [2.24, 2.45) is 4.99 Å². The summed E-state index contributed by atoms with van der Waals surface area (Å²) in [6.45, 7) is 2.88. The maximum absolute atomic E-state index is 13.2. The smallest absolute Gasteiger partial charge is 0.245 e. The molecule has 33 heavy (non-hydrogen) atoms. The number of likely N-dealkylation sites (tertiary alicyclic amines) is 2. The zero-order chi connectivity index (χ0) is 23.0. The molecule has 0 spiro atoms. The van der Waals surface area contributed by atoms with Crippen LogP contribution >= 0.6 is 0 Å². The molecule has 1 aromatic carbocycles. The first kappa shape index (κ1) is 23.1. The van der Waals surface area contributed by atoms with Gasteiger partial charge >= 0.3 is 0 Å². The first-order chi connectivity index (χ1) is 16.2. The summed E-state index contributed by atoms with van der Waals surface area (Å²) >= 11 is 0. The number of carbonyl (C=O) groups is 2. The van der Waals surface area contributed by atoms with Crippen LogP contribution in [0, 0.1) is 11.5 Å². The third-order valence-electron chi connectivity index (χ3n) is 7.06. The van der Waals surface area contributed by atoms with Crippen LogP contribution < -0.4 is 10.6 Å². The summed E-state index contributed by atoms with van der Waals surface area (Å²) in [5.74, 6) is 0.773. The molecule has 2 aliphatic heterocycles. The molecule has 4 rings (SSSR count). The molecule has 0 radical (unpaired) electrons. The first-order valence-corrected chi connectivity index (χ1v) is 12.3. The van der Waals surface area contributed by atoms with Crippen molar-refractivity contribution in [3.8, 4) is 6.19 Å². The standard InChI is InChI=1S/C25H34N6O2/c26-18-28-25(27-13-12-20-11-10-19-7-1-2-8-21(19)20)29-22-9-3-4-16-31(24(22)33)17-23(32)30-14-5-6-15-30/h1-2,7-8,20,22H,3-6,9-17H2,(H2,27,28,29). The van der Waals surface area contributed by atoms with E-state index in [0.717, 1.165) is 58.0 Å². The molecule has 0 bridgehead atoms. The molecule has 3 aliphatic rings.